The second kappa shape index (κ2) is 8.89. The van der Waals surface area contributed by atoms with Crippen molar-refractivity contribution in [1.29, 1.82) is 0 Å². The van der Waals surface area contributed by atoms with E-state index < -0.39 is 0 Å². The van der Waals surface area contributed by atoms with Gasteiger partial charge < -0.3 is 14.6 Å². The molecule has 8 heteroatoms. The van der Waals surface area contributed by atoms with Crippen molar-refractivity contribution in [2.24, 2.45) is 0 Å². The Kier molecular flexibility index (Phi) is 6.06. The van der Waals surface area contributed by atoms with Crippen LogP contribution >= 0.6 is 11.8 Å². The summed E-state index contributed by atoms with van der Waals surface area (Å²) < 4.78 is 7.41. The number of imide groups is 1. The van der Waals surface area contributed by atoms with Gasteiger partial charge in [0.2, 0.25) is 5.91 Å². The number of fused-ring (bicyclic) bond motifs is 1. The number of ether oxygens (including phenoxy) is 1. The lowest BCUT2D eigenvalue weighted by atomic mass is 10.1. The Balaban J connectivity index is 1.55. The zero-order valence-electron chi connectivity index (χ0n) is 16.5. The Morgan fingerprint density at radius 2 is 2.17 bits per heavy atom. The van der Waals surface area contributed by atoms with Gasteiger partial charge in [0.1, 0.15) is 6.54 Å². The Labute approximate surface area is 178 Å². The van der Waals surface area contributed by atoms with Gasteiger partial charge in [0, 0.05) is 42.4 Å². The lowest BCUT2D eigenvalue weighted by molar-refractivity contribution is -0.123. The van der Waals surface area contributed by atoms with E-state index in [-0.39, 0.29) is 36.2 Å². The molecule has 1 aromatic carbocycles. The Morgan fingerprint density at radius 1 is 1.33 bits per heavy atom. The van der Waals surface area contributed by atoms with Gasteiger partial charge in [-0.05, 0) is 36.7 Å². The third-order valence-corrected chi connectivity index (χ3v) is 6.06. The average molecular weight is 426 g/mol. The standard InChI is InChI=1S/C22H23N3O4S/c1-2-9-25-21(27)19(30-22(25)28)11-15-13-24(18-8-4-3-7-17(15)18)14-20(26)23-12-16-6-5-10-29-16/h2-4,7-8,11,13,16H,1,5-6,9-10,12,14H2,(H,23,26)/b19-11-/t16-/m0/s1. The SMILES string of the molecule is C=CCN1C(=O)S/C(=C\c2cn(CC(=O)NC[C@@H]3CCCO3)c3ccccc23)C1=O. The van der Waals surface area contributed by atoms with Crippen molar-refractivity contribution in [3.05, 3.63) is 53.6 Å². The van der Waals surface area contributed by atoms with Crippen LogP contribution in [0.15, 0.2) is 48.0 Å². The number of nitrogens with one attached hydrogen (secondary N) is 1. The molecule has 1 atom stereocenters. The maximum Gasteiger partial charge on any atom is 0.293 e. The highest BCUT2D eigenvalue weighted by atomic mass is 32.2. The van der Waals surface area contributed by atoms with Gasteiger partial charge >= 0.3 is 0 Å². The molecule has 1 aromatic heterocycles. The summed E-state index contributed by atoms with van der Waals surface area (Å²) in [6.45, 7) is 5.21. The fraction of sp³-hybridized carbons (Fsp3) is 0.318. The smallest absolute Gasteiger partial charge is 0.293 e. The second-order valence-electron chi connectivity index (χ2n) is 7.25. The number of rotatable bonds is 7. The Bertz CT molecular complexity index is 1040. The van der Waals surface area contributed by atoms with Crippen LogP contribution in [0.1, 0.15) is 18.4 Å². The van der Waals surface area contributed by atoms with Crippen LogP contribution in [-0.2, 0) is 20.9 Å². The summed E-state index contributed by atoms with van der Waals surface area (Å²) in [5.74, 6) is -0.417. The van der Waals surface area contributed by atoms with E-state index in [9.17, 15) is 14.4 Å². The predicted molar refractivity (Wildman–Crippen MR) is 117 cm³/mol. The molecule has 1 N–H and O–H groups in total. The molecule has 3 heterocycles. The van der Waals surface area contributed by atoms with Gasteiger partial charge in [-0.1, -0.05) is 24.3 Å². The van der Waals surface area contributed by atoms with Crippen molar-refractivity contribution < 1.29 is 19.1 Å². The highest BCUT2D eigenvalue weighted by Gasteiger charge is 2.34. The van der Waals surface area contributed by atoms with Crippen LogP contribution < -0.4 is 5.32 Å². The molecule has 2 saturated heterocycles. The minimum atomic E-state index is -0.323. The fourth-order valence-electron chi connectivity index (χ4n) is 3.69. The first-order valence-electron chi connectivity index (χ1n) is 9.89. The number of thioether (sulfide) groups is 1. The molecule has 30 heavy (non-hydrogen) atoms. The highest BCUT2D eigenvalue weighted by Crippen LogP contribution is 2.34. The molecule has 156 valence electrons. The lowest BCUT2D eigenvalue weighted by Crippen LogP contribution is -2.34. The van der Waals surface area contributed by atoms with E-state index in [1.807, 2.05) is 35.0 Å². The maximum absolute atomic E-state index is 12.5. The van der Waals surface area contributed by atoms with Crippen LogP contribution in [-0.4, -0.2) is 52.3 Å². The minimum absolute atomic E-state index is 0.0934. The zero-order valence-corrected chi connectivity index (χ0v) is 17.3. The van der Waals surface area contributed by atoms with Crippen LogP contribution in [0.2, 0.25) is 0 Å². The summed E-state index contributed by atoms with van der Waals surface area (Å²) in [5, 5.41) is 3.55. The summed E-state index contributed by atoms with van der Waals surface area (Å²) in [6, 6.07) is 7.69. The number of nitrogens with zero attached hydrogens (tertiary/aromatic N) is 2. The van der Waals surface area contributed by atoms with E-state index >= 15 is 0 Å². The highest BCUT2D eigenvalue weighted by molar-refractivity contribution is 8.18. The van der Waals surface area contributed by atoms with E-state index in [2.05, 4.69) is 11.9 Å². The van der Waals surface area contributed by atoms with Crippen LogP contribution in [0, 0.1) is 0 Å². The molecule has 0 saturated carbocycles. The monoisotopic (exact) mass is 425 g/mol. The first-order chi connectivity index (χ1) is 14.6. The van der Waals surface area contributed by atoms with Gasteiger partial charge in [-0.25, -0.2) is 0 Å². The molecule has 2 aliphatic heterocycles. The number of hydrogen-bond acceptors (Lipinski definition) is 5. The lowest BCUT2D eigenvalue weighted by Gasteiger charge is -2.11. The predicted octanol–water partition coefficient (Wildman–Crippen LogP) is 3.16. The molecule has 0 aliphatic carbocycles. The number of aromatic nitrogens is 1. The van der Waals surface area contributed by atoms with Crippen LogP contribution in [0.4, 0.5) is 4.79 Å². The molecule has 4 rings (SSSR count). The maximum atomic E-state index is 12.5. The molecule has 0 unspecified atom stereocenters. The van der Waals surface area contributed by atoms with Gasteiger partial charge in [-0.3, -0.25) is 19.3 Å². The van der Waals surface area contributed by atoms with Crippen molar-refractivity contribution in [2.45, 2.75) is 25.5 Å². The molecule has 3 amide bonds. The van der Waals surface area contributed by atoms with Gasteiger partial charge in [-0.15, -0.1) is 6.58 Å². The summed E-state index contributed by atoms with van der Waals surface area (Å²) in [5.41, 5.74) is 1.68. The first-order valence-corrected chi connectivity index (χ1v) is 10.7. The molecule has 2 aromatic rings. The van der Waals surface area contributed by atoms with E-state index in [0.29, 0.717) is 11.4 Å². The molecule has 0 radical (unpaired) electrons. The normalized spacial score (nSPS) is 20.5. The largest absolute Gasteiger partial charge is 0.376 e. The summed E-state index contributed by atoms with van der Waals surface area (Å²) >= 11 is 0.919. The van der Waals surface area contributed by atoms with Gasteiger partial charge in [0.15, 0.2) is 0 Å². The Morgan fingerprint density at radius 3 is 2.93 bits per heavy atom. The molecular weight excluding hydrogens is 402 g/mol. The van der Waals surface area contributed by atoms with Crippen LogP contribution in [0.25, 0.3) is 17.0 Å². The minimum Gasteiger partial charge on any atom is -0.376 e. The van der Waals surface area contributed by atoms with E-state index in [1.165, 1.54) is 11.0 Å². The van der Waals surface area contributed by atoms with Crippen LogP contribution in [0.3, 0.4) is 0 Å². The number of carbonyl (C=O) groups excluding carboxylic acids is 3. The molecule has 2 fully saturated rings. The second-order valence-corrected chi connectivity index (χ2v) is 8.24. The molecule has 7 nitrogen and oxygen atoms in total. The number of benzene rings is 1. The number of para-hydroxylation sites is 1. The zero-order chi connectivity index (χ0) is 21.1. The van der Waals surface area contributed by atoms with E-state index in [4.69, 9.17) is 4.74 Å². The molecule has 2 aliphatic rings. The average Bonchev–Trinajstić information content (AvgIpc) is 3.44. The molecular formula is C22H23N3O4S. The van der Waals surface area contributed by atoms with Crippen molar-refractivity contribution in [2.75, 3.05) is 19.7 Å². The summed E-state index contributed by atoms with van der Waals surface area (Å²) in [6.07, 6.45) is 7.19. The third-order valence-electron chi connectivity index (χ3n) is 5.16. The Hall–Kier alpha value is -2.84. The summed E-state index contributed by atoms with van der Waals surface area (Å²) in [4.78, 5) is 38.6. The first kappa shape index (κ1) is 20.4. The van der Waals surface area contributed by atoms with E-state index in [0.717, 1.165) is 47.7 Å². The van der Waals surface area contributed by atoms with Crippen LogP contribution in [0.5, 0.6) is 0 Å². The summed E-state index contributed by atoms with van der Waals surface area (Å²) in [7, 11) is 0. The van der Waals surface area contributed by atoms with Crippen molar-refractivity contribution in [3.8, 4) is 0 Å². The van der Waals surface area contributed by atoms with Gasteiger partial charge in [0.25, 0.3) is 11.1 Å². The number of amides is 3. The number of hydrogen-bond donors (Lipinski definition) is 1. The molecule has 0 bridgehead atoms. The van der Waals surface area contributed by atoms with Crippen molar-refractivity contribution in [1.82, 2.24) is 14.8 Å². The molecule has 0 spiro atoms. The van der Waals surface area contributed by atoms with E-state index in [1.54, 1.807) is 6.08 Å². The fourth-order valence-corrected chi connectivity index (χ4v) is 4.53. The van der Waals surface area contributed by atoms with Gasteiger partial charge in [-0.2, -0.15) is 0 Å². The number of carbonyl (C=O) groups is 3. The van der Waals surface area contributed by atoms with Crippen molar-refractivity contribution >= 4 is 45.8 Å². The van der Waals surface area contributed by atoms with Crippen molar-refractivity contribution in [3.63, 3.8) is 0 Å². The quantitative estimate of drug-likeness (QED) is 0.544. The van der Waals surface area contributed by atoms with Gasteiger partial charge in [0.05, 0.1) is 11.0 Å². The third kappa shape index (κ3) is 4.20. The topological polar surface area (TPSA) is 80.6 Å².